The van der Waals surface area contributed by atoms with E-state index in [9.17, 15) is 9.18 Å². The highest BCUT2D eigenvalue weighted by molar-refractivity contribution is 5.94. The van der Waals surface area contributed by atoms with E-state index in [1.54, 1.807) is 12.1 Å². The zero-order valence-corrected chi connectivity index (χ0v) is 7.49. The molecule has 4 heteroatoms. The van der Waals surface area contributed by atoms with Crippen molar-refractivity contribution < 1.29 is 14.3 Å². The van der Waals surface area contributed by atoms with Gasteiger partial charge in [-0.15, -0.1) is 0 Å². The standard InChI is InChI=1S/C10H8FNO2/c1-12-8(10(13)14)5-6-3-2-4-7(11)9(6)12/h2-5H,1H3,(H,13,14). The fourth-order valence-electron chi connectivity index (χ4n) is 1.57. The highest BCUT2D eigenvalue weighted by Gasteiger charge is 2.13. The third-order valence-corrected chi connectivity index (χ3v) is 2.23. The van der Waals surface area contributed by atoms with Crippen LogP contribution in [0.1, 0.15) is 10.5 Å². The summed E-state index contributed by atoms with van der Waals surface area (Å²) in [6, 6.07) is 6.02. The van der Waals surface area contributed by atoms with Crippen LogP contribution < -0.4 is 0 Å². The molecule has 1 heterocycles. The second-order valence-corrected chi connectivity index (χ2v) is 3.07. The summed E-state index contributed by atoms with van der Waals surface area (Å²) in [5.74, 6) is -1.46. The molecule has 14 heavy (non-hydrogen) atoms. The van der Waals surface area contributed by atoms with Crippen molar-refractivity contribution in [1.29, 1.82) is 0 Å². The number of aromatic carboxylic acids is 1. The number of benzene rings is 1. The summed E-state index contributed by atoms with van der Waals surface area (Å²) < 4.78 is 14.7. The zero-order valence-electron chi connectivity index (χ0n) is 7.49. The fourth-order valence-corrected chi connectivity index (χ4v) is 1.57. The van der Waals surface area contributed by atoms with E-state index in [4.69, 9.17) is 5.11 Å². The molecule has 0 saturated heterocycles. The van der Waals surface area contributed by atoms with E-state index in [1.807, 2.05) is 0 Å². The molecule has 0 bridgehead atoms. The molecule has 2 rings (SSSR count). The summed E-state index contributed by atoms with van der Waals surface area (Å²) >= 11 is 0. The maximum atomic E-state index is 13.3. The first-order valence-electron chi connectivity index (χ1n) is 4.08. The van der Waals surface area contributed by atoms with Crippen molar-refractivity contribution in [2.24, 2.45) is 7.05 Å². The topological polar surface area (TPSA) is 42.2 Å². The Hall–Kier alpha value is -1.84. The highest BCUT2D eigenvalue weighted by atomic mass is 19.1. The Morgan fingerprint density at radius 1 is 1.50 bits per heavy atom. The maximum Gasteiger partial charge on any atom is 0.352 e. The van der Waals surface area contributed by atoms with Gasteiger partial charge in [-0.1, -0.05) is 12.1 Å². The monoisotopic (exact) mass is 193 g/mol. The van der Waals surface area contributed by atoms with Gasteiger partial charge in [-0.05, 0) is 12.1 Å². The van der Waals surface area contributed by atoms with E-state index >= 15 is 0 Å². The van der Waals surface area contributed by atoms with E-state index in [1.165, 1.54) is 23.7 Å². The lowest BCUT2D eigenvalue weighted by Crippen LogP contribution is -2.04. The molecular weight excluding hydrogens is 185 g/mol. The number of aryl methyl sites for hydroxylation is 1. The van der Waals surface area contributed by atoms with Gasteiger partial charge in [0.15, 0.2) is 0 Å². The van der Waals surface area contributed by atoms with Gasteiger partial charge in [-0.3, -0.25) is 0 Å². The number of hydrogen-bond acceptors (Lipinski definition) is 1. The molecule has 0 radical (unpaired) electrons. The highest BCUT2D eigenvalue weighted by Crippen LogP contribution is 2.21. The Kier molecular flexibility index (Phi) is 1.77. The molecule has 0 aliphatic carbocycles. The van der Waals surface area contributed by atoms with Gasteiger partial charge in [0.2, 0.25) is 0 Å². The molecule has 0 amide bonds. The Bertz CT molecular complexity index is 516. The number of hydrogen-bond donors (Lipinski definition) is 1. The molecule has 0 saturated carbocycles. The minimum absolute atomic E-state index is 0.0881. The van der Waals surface area contributed by atoms with Crippen LogP contribution in [0.3, 0.4) is 0 Å². The summed E-state index contributed by atoms with van der Waals surface area (Å²) in [4.78, 5) is 10.8. The molecule has 0 spiro atoms. The third kappa shape index (κ3) is 1.08. The second kappa shape index (κ2) is 2.83. The van der Waals surface area contributed by atoms with Crippen molar-refractivity contribution in [2.45, 2.75) is 0 Å². The smallest absolute Gasteiger partial charge is 0.352 e. The van der Waals surface area contributed by atoms with Gasteiger partial charge in [-0.25, -0.2) is 9.18 Å². The molecule has 0 aliphatic rings. The summed E-state index contributed by atoms with van der Waals surface area (Å²) in [5, 5.41) is 9.42. The first-order valence-corrected chi connectivity index (χ1v) is 4.08. The number of carbonyl (C=O) groups is 1. The van der Waals surface area contributed by atoms with Crippen molar-refractivity contribution in [3.63, 3.8) is 0 Å². The quantitative estimate of drug-likeness (QED) is 0.752. The minimum Gasteiger partial charge on any atom is -0.477 e. The first kappa shape index (κ1) is 8.74. The lowest BCUT2D eigenvalue weighted by atomic mass is 10.2. The first-order chi connectivity index (χ1) is 6.61. The van der Waals surface area contributed by atoms with Crippen LogP contribution >= 0.6 is 0 Å². The number of nitrogens with zero attached hydrogens (tertiary/aromatic N) is 1. The molecule has 1 aromatic heterocycles. The van der Waals surface area contributed by atoms with Crippen molar-refractivity contribution in [3.05, 3.63) is 35.8 Å². The number of aromatic nitrogens is 1. The van der Waals surface area contributed by atoms with Crippen LogP contribution in [-0.2, 0) is 7.05 Å². The predicted molar refractivity (Wildman–Crippen MR) is 49.8 cm³/mol. The van der Waals surface area contributed by atoms with Gasteiger partial charge >= 0.3 is 5.97 Å². The van der Waals surface area contributed by atoms with E-state index in [0.29, 0.717) is 10.9 Å². The number of fused-ring (bicyclic) bond motifs is 1. The van der Waals surface area contributed by atoms with Crippen molar-refractivity contribution in [2.75, 3.05) is 0 Å². The minimum atomic E-state index is -1.05. The molecule has 0 fully saturated rings. The SMILES string of the molecule is Cn1c(C(=O)O)cc2cccc(F)c21. The average Bonchev–Trinajstić information content (AvgIpc) is 2.45. The van der Waals surface area contributed by atoms with Gasteiger partial charge in [0, 0.05) is 12.4 Å². The van der Waals surface area contributed by atoms with Crippen LogP contribution in [-0.4, -0.2) is 15.6 Å². The number of rotatable bonds is 1. The van der Waals surface area contributed by atoms with Gasteiger partial charge in [0.25, 0.3) is 0 Å². The van der Waals surface area contributed by atoms with E-state index in [0.717, 1.165) is 0 Å². The number of carboxylic acid groups (broad SMARTS) is 1. The molecule has 0 unspecified atom stereocenters. The van der Waals surface area contributed by atoms with Crippen LogP contribution in [0, 0.1) is 5.82 Å². The van der Waals surface area contributed by atoms with Crippen LogP contribution in [0.5, 0.6) is 0 Å². The Labute approximate surface area is 79.4 Å². The van der Waals surface area contributed by atoms with Gasteiger partial charge < -0.3 is 9.67 Å². The Balaban J connectivity index is 2.87. The lowest BCUT2D eigenvalue weighted by molar-refractivity contribution is 0.0687. The molecular formula is C10H8FNO2. The lowest BCUT2D eigenvalue weighted by Gasteiger charge is -1.99. The van der Waals surface area contributed by atoms with Crippen molar-refractivity contribution in [1.82, 2.24) is 4.57 Å². The molecule has 1 aromatic carbocycles. The fraction of sp³-hybridized carbons (Fsp3) is 0.100. The second-order valence-electron chi connectivity index (χ2n) is 3.07. The predicted octanol–water partition coefficient (Wildman–Crippen LogP) is 2.02. The number of carboxylic acids is 1. The largest absolute Gasteiger partial charge is 0.477 e. The van der Waals surface area contributed by atoms with Crippen molar-refractivity contribution in [3.8, 4) is 0 Å². The molecule has 0 aliphatic heterocycles. The summed E-state index contributed by atoms with van der Waals surface area (Å²) in [7, 11) is 1.54. The Morgan fingerprint density at radius 2 is 2.21 bits per heavy atom. The van der Waals surface area contributed by atoms with E-state index in [-0.39, 0.29) is 5.69 Å². The summed E-state index contributed by atoms with van der Waals surface area (Å²) in [5.41, 5.74) is 0.412. The maximum absolute atomic E-state index is 13.3. The number of halogens is 1. The molecule has 3 nitrogen and oxygen atoms in total. The van der Waals surface area contributed by atoms with Crippen molar-refractivity contribution >= 4 is 16.9 Å². The summed E-state index contributed by atoms with van der Waals surface area (Å²) in [6.07, 6.45) is 0. The average molecular weight is 193 g/mol. The third-order valence-electron chi connectivity index (χ3n) is 2.23. The van der Waals surface area contributed by atoms with Crippen LogP contribution in [0.25, 0.3) is 10.9 Å². The number of para-hydroxylation sites is 1. The normalized spacial score (nSPS) is 10.7. The van der Waals surface area contributed by atoms with Crippen LogP contribution in [0.4, 0.5) is 4.39 Å². The molecule has 1 N–H and O–H groups in total. The van der Waals surface area contributed by atoms with Gasteiger partial charge in [0.05, 0.1) is 5.52 Å². The Morgan fingerprint density at radius 3 is 2.79 bits per heavy atom. The molecule has 0 atom stereocenters. The van der Waals surface area contributed by atoms with E-state index < -0.39 is 11.8 Å². The summed E-state index contributed by atoms with van der Waals surface area (Å²) in [6.45, 7) is 0. The molecule has 2 aromatic rings. The molecule has 72 valence electrons. The van der Waals surface area contributed by atoms with Crippen LogP contribution in [0.15, 0.2) is 24.3 Å². The zero-order chi connectivity index (χ0) is 10.3. The van der Waals surface area contributed by atoms with Gasteiger partial charge in [-0.2, -0.15) is 0 Å². The van der Waals surface area contributed by atoms with Gasteiger partial charge in [0.1, 0.15) is 11.5 Å². The van der Waals surface area contributed by atoms with E-state index in [2.05, 4.69) is 0 Å². The van der Waals surface area contributed by atoms with Crippen LogP contribution in [0.2, 0.25) is 0 Å².